The van der Waals surface area contributed by atoms with E-state index in [0.717, 1.165) is 12.2 Å². The summed E-state index contributed by atoms with van der Waals surface area (Å²) in [5, 5.41) is 8.31. The fourth-order valence-corrected chi connectivity index (χ4v) is 1.72. The molecule has 0 spiro atoms. The number of rotatable bonds is 7. The second-order valence-electron chi connectivity index (χ2n) is 2.46. The summed E-state index contributed by atoms with van der Waals surface area (Å²) in [5.41, 5.74) is 0. The lowest BCUT2D eigenvalue weighted by Crippen LogP contribution is -1.95. The Labute approximate surface area is 72.4 Å². The van der Waals surface area contributed by atoms with Crippen molar-refractivity contribution < 1.29 is 9.90 Å². The molecule has 0 radical (unpaired) electrons. The Morgan fingerprint density at radius 1 is 1.36 bits per heavy atom. The van der Waals surface area contributed by atoms with Gasteiger partial charge in [-0.15, -0.1) is 0 Å². The highest BCUT2D eigenvalue weighted by Crippen LogP contribution is 2.07. The van der Waals surface area contributed by atoms with E-state index in [4.69, 9.17) is 5.11 Å². The molecule has 0 aliphatic rings. The molecular weight excluding hydrogens is 160 g/mol. The Balaban J connectivity index is 2.85. The fourth-order valence-electron chi connectivity index (χ4n) is 0.674. The molecule has 0 heterocycles. The molecule has 3 heteroatoms. The second-order valence-corrected chi connectivity index (χ2v) is 3.69. The van der Waals surface area contributed by atoms with E-state index in [-0.39, 0.29) is 0 Å². The fraction of sp³-hybridized carbons (Fsp3) is 0.875. The van der Waals surface area contributed by atoms with Crippen molar-refractivity contribution in [1.29, 1.82) is 0 Å². The summed E-state index contributed by atoms with van der Waals surface area (Å²) >= 11 is 1.86. The van der Waals surface area contributed by atoms with Crippen molar-refractivity contribution in [2.24, 2.45) is 0 Å². The van der Waals surface area contributed by atoms with Crippen molar-refractivity contribution in [1.82, 2.24) is 0 Å². The van der Waals surface area contributed by atoms with E-state index in [1.807, 2.05) is 11.8 Å². The van der Waals surface area contributed by atoms with E-state index in [1.54, 1.807) is 0 Å². The van der Waals surface area contributed by atoms with Gasteiger partial charge in [-0.25, -0.2) is 0 Å². The molecule has 0 saturated carbocycles. The van der Waals surface area contributed by atoms with Crippen LogP contribution in [0, 0.1) is 0 Å². The quantitative estimate of drug-likeness (QED) is 0.605. The summed E-state index contributed by atoms with van der Waals surface area (Å²) in [6, 6.07) is 0. The summed E-state index contributed by atoms with van der Waals surface area (Å²) in [6.45, 7) is 2.16. The van der Waals surface area contributed by atoms with E-state index >= 15 is 0 Å². The number of carboxylic acid groups (broad SMARTS) is 1. The standard InChI is InChI=1S/C8H16O2S/c1-2-3-6-11-7-4-5-8(9)10/h2-7H2,1H3,(H,9,10). The molecule has 0 aromatic carbocycles. The molecule has 2 nitrogen and oxygen atoms in total. The molecule has 0 bridgehead atoms. The van der Waals surface area contributed by atoms with Gasteiger partial charge in [0.15, 0.2) is 0 Å². The van der Waals surface area contributed by atoms with Crippen molar-refractivity contribution in [3.8, 4) is 0 Å². The molecule has 0 aromatic rings. The van der Waals surface area contributed by atoms with Gasteiger partial charge in [0.25, 0.3) is 0 Å². The minimum Gasteiger partial charge on any atom is -0.481 e. The zero-order valence-electron chi connectivity index (χ0n) is 7.01. The van der Waals surface area contributed by atoms with Gasteiger partial charge in [0.2, 0.25) is 0 Å². The Hall–Kier alpha value is -0.180. The zero-order valence-corrected chi connectivity index (χ0v) is 7.82. The molecule has 0 amide bonds. The third-order valence-electron chi connectivity index (χ3n) is 1.32. The lowest BCUT2D eigenvalue weighted by molar-refractivity contribution is -0.137. The molecule has 0 unspecified atom stereocenters. The number of hydrogen-bond acceptors (Lipinski definition) is 2. The summed E-state index contributed by atoms with van der Waals surface area (Å²) in [5.74, 6) is 1.49. The maximum atomic E-state index is 10.1. The maximum absolute atomic E-state index is 10.1. The van der Waals surface area contributed by atoms with E-state index < -0.39 is 5.97 Å². The number of aliphatic carboxylic acids is 1. The number of hydrogen-bond donors (Lipinski definition) is 1. The molecule has 11 heavy (non-hydrogen) atoms. The van der Waals surface area contributed by atoms with E-state index in [1.165, 1.54) is 18.6 Å². The van der Waals surface area contributed by atoms with Gasteiger partial charge >= 0.3 is 5.97 Å². The van der Waals surface area contributed by atoms with Crippen LogP contribution in [0.5, 0.6) is 0 Å². The summed E-state index contributed by atoms with van der Waals surface area (Å²) in [6.07, 6.45) is 3.60. The zero-order chi connectivity index (χ0) is 8.53. The number of carbonyl (C=O) groups is 1. The first-order valence-corrected chi connectivity index (χ1v) is 5.22. The first kappa shape index (κ1) is 10.8. The molecule has 0 aromatic heterocycles. The van der Waals surface area contributed by atoms with Gasteiger partial charge in [-0.05, 0) is 24.3 Å². The summed E-state index contributed by atoms with van der Waals surface area (Å²) in [4.78, 5) is 10.1. The highest BCUT2D eigenvalue weighted by molar-refractivity contribution is 7.99. The van der Waals surface area contributed by atoms with Crippen LogP contribution in [0.15, 0.2) is 0 Å². The van der Waals surface area contributed by atoms with Crippen molar-refractivity contribution in [2.45, 2.75) is 32.6 Å². The van der Waals surface area contributed by atoms with E-state index in [0.29, 0.717) is 6.42 Å². The SMILES string of the molecule is CCCCSCCCC(=O)O. The smallest absolute Gasteiger partial charge is 0.303 e. The minimum atomic E-state index is -0.680. The molecular formula is C8H16O2S. The highest BCUT2D eigenvalue weighted by atomic mass is 32.2. The van der Waals surface area contributed by atoms with Crippen LogP contribution in [0.3, 0.4) is 0 Å². The molecule has 66 valence electrons. The van der Waals surface area contributed by atoms with Gasteiger partial charge in [-0.3, -0.25) is 4.79 Å². The van der Waals surface area contributed by atoms with Gasteiger partial charge in [-0.2, -0.15) is 11.8 Å². The van der Waals surface area contributed by atoms with Gasteiger partial charge in [0, 0.05) is 6.42 Å². The van der Waals surface area contributed by atoms with E-state index in [9.17, 15) is 4.79 Å². The van der Waals surface area contributed by atoms with Crippen LogP contribution in [-0.2, 0) is 4.79 Å². The lowest BCUT2D eigenvalue weighted by Gasteiger charge is -1.97. The Bertz CT molecular complexity index is 104. The molecule has 0 fully saturated rings. The van der Waals surface area contributed by atoms with Crippen LogP contribution in [0.25, 0.3) is 0 Å². The van der Waals surface area contributed by atoms with Crippen LogP contribution >= 0.6 is 11.8 Å². The van der Waals surface area contributed by atoms with Gasteiger partial charge in [0.05, 0.1) is 0 Å². The topological polar surface area (TPSA) is 37.3 Å². The first-order valence-electron chi connectivity index (χ1n) is 4.07. The predicted octanol–water partition coefficient (Wildman–Crippen LogP) is 2.38. The number of thioether (sulfide) groups is 1. The average molecular weight is 176 g/mol. The van der Waals surface area contributed by atoms with Crippen molar-refractivity contribution in [3.05, 3.63) is 0 Å². The number of carboxylic acids is 1. The molecule has 1 N–H and O–H groups in total. The monoisotopic (exact) mass is 176 g/mol. The van der Waals surface area contributed by atoms with Crippen LogP contribution in [-0.4, -0.2) is 22.6 Å². The van der Waals surface area contributed by atoms with Gasteiger partial charge in [0.1, 0.15) is 0 Å². The average Bonchev–Trinajstić information content (AvgIpc) is 1.96. The molecule has 0 aliphatic carbocycles. The number of unbranched alkanes of at least 4 members (excludes halogenated alkanes) is 1. The minimum absolute atomic E-state index is 0.319. The van der Waals surface area contributed by atoms with E-state index in [2.05, 4.69) is 6.92 Å². The van der Waals surface area contributed by atoms with Crippen molar-refractivity contribution >= 4 is 17.7 Å². The third-order valence-corrected chi connectivity index (χ3v) is 2.48. The molecule has 0 rings (SSSR count). The Kier molecular flexibility index (Phi) is 7.79. The second kappa shape index (κ2) is 7.92. The highest BCUT2D eigenvalue weighted by Gasteiger charge is 1.95. The molecule has 0 aliphatic heterocycles. The van der Waals surface area contributed by atoms with Crippen LogP contribution < -0.4 is 0 Å². The van der Waals surface area contributed by atoms with Gasteiger partial charge < -0.3 is 5.11 Å². The molecule has 0 atom stereocenters. The van der Waals surface area contributed by atoms with Crippen LogP contribution in [0.1, 0.15) is 32.6 Å². The predicted molar refractivity (Wildman–Crippen MR) is 49.1 cm³/mol. The normalized spacial score (nSPS) is 9.91. The largest absolute Gasteiger partial charge is 0.481 e. The summed E-state index contributed by atoms with van der Waals surface area (Å²) < 4.78 is 0. The van der Waals surface area contributed by atoms with Crippen LogP contribution in [0.4, 0.5) is 0 Å². The Morgan fingerprint density at radius 3 is 2.55 bits per heavy atom. The first-order chi connectivity index (χ1) is 5.27. The Morgan fingerprint density at radius 2 is 2.00 bits per heavy atom. The summed E-state index contributed by atoms with van der Waals surface area (Å²) in [7, 11) is 0. The van der Waals surface area contributed by atoms with Crippen molar-refractivity contribution in [2.75, 3.05) is 11.5 Å². The third kappa shape index (κ3) is 9.82. The lowest BCUT2D eigenvalue weighted by atomic mass is 10.3. The van der Waals surface area contributed by atoms with Crippen molar-refractivity contribution in [3.63, 3.8) is 0 Å². The van der Waals surface area contributed by atoms with Gasteiger partial charge in [-0.1, -0.05) is 13.3 Å². The maximum Gasteiger partial charge on any atom is 0.303 e. The molecule has 0 saturated heterocycles. The van der Waals surface area contributed by atoms with Crippen LogP contribution in [0.2, 0.25) is 0 Å².